The van der Waals surface area contributed by atoms with Gasteiger partial charge in [-0.05, 0) is 128 Å². The van der Waals surface area contributed by atoms with Crippen molar-refractivity contribution in [2.45, 2.75) is 263 Å². The third kappa shape index (κ3) is 43.6. The van der Waals surface area contributed by atoms with Crippen molar-refractivity contribution in [3.63, 3.8) is 0 Å². The van der Waals surface area contributed by atoms with Crippen LogP contribution in [0.1, 0.15) is 226 Å². The van der Waals surface area contributed by atoms with Crippen LogP contribution in [-0.2, 0) is 42.9 Å². The minimum Gasteiger partial charge on any atom is -0.479 e. The molecule has 1 aliphatic rings. The van der Waals surface area contributed by atoms with Crippen molar-refractivity contribution < 1.29 is 58.2 Å². The minimum absolute atomic E-state index is 0.0220. The molecule has 1 saturated heterocycles. The smallest absolute Gasteiger partial charge is 0.335 e. The SMILES string of the molecule is CC/C=C\C/C=C\C/C=C\C/C=C\C/C=C\CCCCCC(=O)OCC(COC1OC(C(=O)O)C(O)C(O)C1OC(=O)CCCCCC/C=C\C/C=C\C/C=C\C/C=C\CC)OC(=O)CCCCCCC/C=C\CCCCCC. The lowest BCUT2D eigenvalue weighted by molar-refractivity contribution is -0.301. The van der Waals surface area contributed by atoms with Crippen molar-refractivity contribution in [1.29, 1.82) is 0 Å². The van der Waals surface area contributed by atoms with Gasteiger partial charge in [-0.1, -0.05) is 200 Å². The number of rotatable bonds is 50. The predicted molar refractivity (Wildman–Crippen MR) is 321 cm³/mol. The maximum Gasteiger partial charge on any atom is 0.335 e. The van der Waals surface area contributed by atoms with Crippen molar-refractivity contribution >= 4 is 23.9 Å². The van der Waals surface area contributed by atoms with E-state index in [0.29, 0.717) is 19.3 Å². The van der Waals surface area contributed by atoms with Gasteiger partial charge in [-0.2, -0.15) is 0 Å². The summed E-state index contributed by atoms with van der Waals surface area (Å²) >= 11 is 0. The number of hydrogen-bond acceptors (Lipinski definition) is 11. The van der Waals surface area contributed by atoms with Crippen LogP contribution < -0.4 is 0 Å². The second-order valence-corrected chi connectivity index (χ2v) is 20.2. The van der Waals surface area contributed by atoms with Crippen molar-refractivity contribution in [3.8, 4) is 0 Å². The van der Waals surface area contributed by atoms with Crippen LogP contribution in [0.5, 0.6) is 0 Å². The van der Waals surface area contributed by atoms with E-state index in [0.717, 1.165) is 141 Å². The van der Waals surface area contributed by atoms with E-state index in [4.69, 9.17) is 23.7 Å². The standard InChI is InChI=1S/C67H106O12/c1-4-7-10-13-16-19-22-25-27-29-30-32-33-36-38-41-44-47-50-53-59(68)75-56-58(77-60(69)54-51-48-45-42-39-35-24-21-18-15-12-9-6-3)57-76-67-65(63(72)62(71)64(79-67)66(73)74)78-61(70)55-52-49-46-43-40-37-34-31-28-26-23-20-17-14-11-8-5-2/h7-8,10-11,16-17,19-21,24-28,30,32,34,36-38,58,62-65,67,71-72H,4-6,9,12-15,18,22-23,29,31,33,35,39-57H2,1-3H3,(H,73,74)/b10-7-,11-8-,19-16-,20-17-,24-21-,27-25-,28-26-,32-30-,37-34-,38-36-. The Morgan fingerprint density at radius 3 is 1.24 bits per heavy atom. The zero-order valence-electron chi connectivity index (χ0n) is 49.1. The lowest BCUT2D eigenvalue weighted by Gasteiger charge is -2.40. The summed E-state index contributed by atoms with van der Waals surface area (Å²) in [6, 6.07) is 0. The van der Waals surface area contributed by atoms with Gasteiger partial charge in [0.15, 0.2) is 24.6 Å². The topological polar surface area (TPSA) is 175 Å². The van der Waals surface area contributed by atoms with Crippen LogP contribution in [0.25, 0.3) is 0 Å². The van der Waals surface area contributed by atoms with E-state index < -0.39 is 67.3 Å². The summed E-state index contributed by atoms with van der Waals surface area (Å²) in [5.74, 6) is -3.22. The van der Waals surface area contributed by atoms with Gasteiger partial charge in [0.1, 0.15) is 18.8 Å². The fourth-order valence-corrected chi connectivity index (χ4v) is 8.38. The molecule has 1 heterocycles. The lowest BCUT2D eigenvalue weighted by atomic mass is 9.98. The second kappa shape index (κ2) is 53.7. The number of carboxylic acid groups (broad SMARTS) is 1. The summed E-state index contributed by atoms with van der Waals surface area (Å²) in [6.45, 7) is 5.70. The number of carboxylic acids is 1. The summed E-state index contributed by atoms with van der Waals surface area (Å²) in [7, 11) is 0. The van der Waals surface area contributed by atoms with Crippen molar-refractivity contribution in [2.75, 3.05) is 13.2 Å². The number of ether oxygens (including phenoxy) is 5. The zero-order valence-corrected chi connectivity index (χ0v) is 49.1. The number of unbranched alkanes of at least 4 members (excludes halogenated alkanes) is 16. The Morgan fingerprint density at radius 1 is 0.430 bits per heavy atom. The number of esters is 3. The normalized spacial score (nSPS) is 18.7. The van der Waals surface area contributed by atoms with E-state index in [1.807, 2.05) is 0 Å². The monoisotopic (exact) mass is 1100 g/mol. The molecule has 0 aliphatic carbocycles. The Morgan fingerprint density at radius 2 is 0.797 bits per heavy atom. The largest absolute Gasteiger partial charge is 0.479 e. The average molecular weight is 1100 g/mol. The number of hydrogen-bond donors (Lipinski definition) is 3. The van der Waals surface area contributed by atoms with Gasteiger partial charge in [0.25, 0.3) is 0 Å². The van der Waals surface area contributed by atoms with Crippen molar-refractivity contribution in [3.05, 3.63) is 122 Å². The molecule has 1 fully saturated rings. The molecular formula is C67H106O12. The number of aliphatic carboxylic acids is 1. The highest BCUT2D eigenvalue weighted by Gasteiger charge is 2.50. The molecule has 3 N–H and O–H groups in total. The Kier molecular flexibility index (Phi) is 49.1. The highest BCUT2D eigenvalue weighted by molar-refractivity contribution is 5.74. The Bertz CT molecular complexity index is 1840. The van der Waals surface area contributed by atoms with Crippen LogP contribution in [0.3, 0.4) is 0 Å². The molecule has 12 heteroatoms. The summed E-state index contributed by atoms with van der Waals surface area (Å²) in [4.78, 5) is 51.2. The molecule has 0 bridgehead atoms. The number of aliphatic hydroxyl groups is 2. The Labute approximate surface area is 478 Å². The molecule has 12 nitrogen and oxygen atoms in total. The zero-order chi connectivity index (χ0) is 57.5. The molecular weight excluding hydrogens is 997 g/mol. The van der Waals surface area contributed by atoms with Crippen LogP contribution in [-0.4, -0.2) is 89.2 Å². The molecule has 6 unspecified atom stereocenters. The molecule has 0 radical (unpaired) electrons. The van der Waals surface area contributed by atoms with Gasteiger partial charge in [0.2, 0.25) is 0 Å². The first-order chi connectivity index (χ1) is 38.6. The molecule has 446 valence electrons. The van der Waals surface area contributed by atoms with Crippen LogP contribution in [0, 0.1) is 0 Å². The van der Waals surface area contributed by atoms with E-state index in [2.05, 4.69) is 142 Å². The molecule has 0 aromatic carbocycles. The van der Waals surface area contributed by atoms with Gasteiger partial charge in [0.05, 0.1) is 6.61 Å². The highest BCUT2D eigenvalue weighted by atomic mass is 16.7. The van der Waals surface area contributed by atoms with E-state index in [1.165, 1.54) is 25.7 Å². The van der Waals surface area contributed by atoms with Crippen LogP contribution in [0.15, 0.2) is 122 Å². The number of carbonyl (C=O) groups excluding carboxylic acids is 3. The van der Waals surface area contributed by atoms with Gasteiger partial charge in [-0.25, -0.2) is 4.79 Å². The minimum atomic E-state index is -1.92. The highest BCUT2D eigenvalue weighted by Crippen LogP contribution is 2.26. The maximum atomic E-state index is 13.1. The molecule has 0 saturated carbocycles. The third-order valence-corrected chi connectivity index (χ3v) is 13.0. The number of aliphatic hydroxyl groups excluding tert-OH is 2. The van der Waals surface area contributed by atoms with E-state index >= 15 is 0 Å². The average Bonchev–Trinajstić information content (AvgIpc) is 3.47. The molecule has 1 rings (SSSR count). The fraction of sp³-hybridized carbons (Fsp3) is 0.642. The van der Waals surface area contributed by atoms with Crippen molar-refractivity contribution in [2.24, 2.45) is 0 Å². The predicted octanol–water partition coefficient (Wildman–Crippen LogP) is 16.0. The summed E-state index contributed by atoms with van der Waals surface area (Å²) < 4.78 is 28.4. The first-order valence-electron chi connectivity index (χ1n) is 30.5. The molecule has 1 aliphatic heterocycles. The first kappa shape index (κ1) is 72.1. The summed E-state index contributed by atoms with van der Waals surface area (Å²) in [5.41, 5.74) is 0. The Hall–Kier alpha value is -4.88. The molecule has 0 aromatic rings. The molecule has 0 amide bonds. The molecule has 0 aromatic heterocycles. The van der Waals surface area contributed by atoms with Gasteiger partial charge in [0, 0.05) is 19.3 Å². The third-order valence-electron chi connectivity index (χ3n) is 13.0. The van der Waals surface area contributed by atoms with Gasteiger partial charge < -0.3 is 39.0 Å². The number of allylic oxidation sites excluding steroid dienone is 20. The van der Waals surface area contributed by atoms with Gasteiger partial charge in [-0.15, -0.1) is 0 Å². The second-order valence-electron chi connectivity index (χ2n) is 20.2. The molecule has 6 atom stereocenters. The van der Waals surface area contributed by atoms with E-state index in [9.17, 15) is 34.5 Å². The van der Waals surface area contributed by atoms with Crippen LogP contribution >= 0.6 is 0 Å². The van der Waals surface area contributed by atoms with E-state index in [-0.39, 0.29) is 25.9 Å². The summed E-state index contributed by atoms with van der Waals surface area (Å²) in [6.07, 6.45) is 61.6. The van der Waals surface area contributed by atoms with Crippen LogP contribution in [0.2, 0.25) is 0 Å². The quantitative estimate of drug-likeness (QED) is 0.0228. The van der Waals surface area contributed by atoms with Crippen molar-refractivity contribution in [1.82, 2.24) is 0 Å². The first-order valence-corrected chi connectivity index (χ1v) is 30.5. The van der Waals surface area contributed by atoms with E-state index in [1.54, 1.807) is 0 Å². The van der Waals surface area contributed by atoms with Gasteiger partial charge in [-0.3, -0.25) is 14.4 Å². The van der Waals surface area contributed by atoms with Crippen LogP contribution in [0.4, 0.5) is 0 Å². The molecule has 79 heavy (non-hydrogen) atoms. The maximum absolute atomic E-state index is 13.1. The summed E-state index contributed by atoms with van der Waals surface area (Å²) in [5, 5.41) is 31.5. The fourth-order valence-electron chi connectivity index (χ4n) is 8.38. The lowest BCUT2D eigenvalue weighted by Crippen LogP contribution is -2.61. The Balaban J connectivity index is 2.72. The van der Waals surface area contributed by atoms with Gasteiger partial charge >= 0.3 is 23.9 Å². The molecule has 0 spiro atoms. The number of carbonyl (C=O) groups is 4.